The minimum absolute atomic E-state index is 0.0365. The minimum atomic E-state index is -0.466. The van der Waals surface area contributed by atoms with Gasteiger partial charge in [-0.15, -0.1) is 0 Å². The number of amides is 1. The van der Waals surface area contributed by atoms with Crippen molar-refractivity contribution in [3.8, 4) is 0 Å². The van der Waals surface area contributed by atoms with E-state index in [4.69, 9.17) is 10.5 Å². The zero-order valence-corrected chi connectivity index (χ0v) is 12.6. The van der Waals surface area contributed by atoms with E-state index in [2.05, 4.69) is 15.3 Å². The Morgan fingerprint density at radius 3 is 2.86 bits per heavy atom. The highest BCUT2D eigenvalue weighted by molar-refractivity contribution is 5.83. The highest BCUT2D eigenvalue weighted by Crippen LogP contribution is 2.29. The van der Waals surface area contributed by atoms with Gasteiger partial charge >= 0.3 is 0 Å². The molecule has 1 aliphatic heterocycles. The van der Waals surface area contributed by atoms with Crippen molar-refractivity contribution in [2.45, 2.75) is 19.3 Å². The van der Waals surface area contributed by atoms with Gasteiger partial charge in [-0.1, -0.05) is 12.1 Å². The molecule has 1 aromatic carbocycles. The Morgan fingerprint density at radius 2 is 2.14 bits per heavy atom. The summed E-state index contributed by atoms with van der Waals surface area (Å²) in [7, 11) is 0. The van der Waals surface area contributed by atoms with Crippen molar-refractivity contribution in [3.63, 3.8) is 0 Å². The number of nitrogens with two attached hydrogens (primary N) is 1. The number of nitrogens with zero attached hydrogens (tertiary/aromatic N) is 1. The fraction of sp³-hybridized carbons (Fsp3) is 0.500. The van der Waals surface area contributed by atoms with Crippen LogP contribution in [-0.2, 0) is 16.0 Å². The molecular weight excluding hydrogens is 280 g/mol. The number of fused-ring (bicyclic) bond motifs is 1. The molecule has 6 nitrogen and oxygen atoms in total. The summed E-state index contributed by atoms with van der Waals surface area (Å²) in [6, 6.07) is 7.91. The molecule has 0 saturated carbocycles. The van der Waals surface area contributed by atoms with Gasteiger partial charge in [0.25, 0.3) is 0 Å². The van der Waals surface area contributed by atoms with E-state index in [1.807, 2.05) is 24.3 Å². The van der Waals surface area contributed by atoms with Gasteiger partial charge in [-0.05, 0) is 25.0 Å². The van der Waals surface area contributed by atoms with Gasteiger partial charge in [-0.25, -0.2) is 4.98 Å². The molecule has 6 heteroatoms. The molecule has 1 saturated heterocycles. The number of para-hydroxylation sites is 2. The summed E-state index contributed by atoms with van der Waals surface area (Å²) in [5, 5.41) is 3.00. The minimum Gasteiger partial charge on any atom is -0.381 e. The predicted octanol–water partition coefficient (Wildman–Crippen LogP) is 0.977. The first-order valence-electron chi connectivity index (χ1n) is 7.73. The number of hydrogen-bond donors (Lipinski definition) is 3. The van der Waals surface area contributed by atoms with Crippen molar-refractivity contribution in [2.75, 3.05) is 26.3 Å². The molecule has 22 heavy (non-hydrogen) atoms. The molecule has 0 bridgehead atoms. The smallest absolute Gasteiger partial charge is 0.227 e. The van der Waals surface area contributed by atoms with Gasteiger partial charge in [-0.2, -0.15) is 0 Å². The summed E-state index contributed by atoms with van der Waals surface area (Å²) in [5.41, 5.74) is 7.34. The molecular formula is C16H22N4O2. The third kappa shape index (κ3) is 2.98. The third-order valence-electron chi connectivity index (χ3n) is 4.41. The highest BCUT2D eigenvalue weighted by atomic mass is 16.5. The van der Waals surface area contributed by atoms with Crippen molar-refractivity contribution in [3.05, 3.63) is 30.1 Å². The molecule has 2 heterocycles. The second kappa shape index (κ2) is 6.46. The van der Waals surface area contributed by atoms with Gasteiger partial charge in [-0.3, -0.25) is 4.79 Å². The summed E-state index contributed by atoms with van der Waals surface area (Å²) < 4.78 is 5.33. The summed E-state index contributed by atoms with van der Waals surface area (Å²) >= 11 is 0. The van der Waals surface area contributed by atoms with Crippen LogP contribution in [0.1, 0.15) is 18.7 Å². The predicted molar refractivity (Wildman–Crippen MR) is 84.3 cm³/mol. The second-order valence-electron chi connectivity index (χ2n) is 5.80. The Kier molecular flexibility index (Phi) is 4.40. The number of aromatic nitrogens is 2. The molecule has 0 radical (unpaired) electrons. The number of H-pyrrole nitrogens is 1. The number of imidazole rings is 1. The highest BCUT2D eigenvalue weighted by Gasteiger charge is 2.38. The maximum absolute atomic E-state index is 12.4. The maximum atomic E-state index is 12.4. The largest absolute Gasteiger partial charge is 0.381 e. The average molecular weight is 302 g/mol. The van der Waals surface area contributed by atoms with E-state index in [0.29, 0.717) is 45.6 Å². The Hall–Kier alpha value is -1.92. The fourth-order valence-electron chi connectivity index (χ4n) is 2.89. The number of rotatable bonds is 5. The van der Waals surface area contributed by atoms with E-state index in [9.17, 15) is 4.79 Å². The molecule has 2 aromatic rings. The number of hydrogen-bond acceptors (Lipinski definition) is 4. The number of carbonyl (C=O) groups is 1. The van der Waals surface area contributed by atoms with Crippen LogP contribution in [0.2, 0.25) is 0 Å². The summed E-state index contributed by atoms with van der Waals surface area (Å²) in [6.45, 7) is 2.14. The first-order valence-corrected chi connectivity index (χ1v) is 7.73. The summed E-state index contributed by atoms with van der Waals surface area (Å²) in [5.74, 6) is 0.921. The van der Waals surface area contributed by atoms with E-state index in [0.717, 1.165) is 16.9 Å². The summed E-state index contributed by atoms with van der Waals surface area (Å²) in [6.07, 6.45) is 2.07. The van der Waals surface area contributed by atoms with E-state index < -0.39 is 5.41 Å². The van der Waals surface area contributed by atoms with E-state index in [1.165, 1.54) is 0 Å². The van der Waals surface area contributed by atoms with Gasteiger partial charge in [0, 0.05) is 32.7 Å². The Balaban J connectivity index is 1.56. The summed E-state index contributed by atoms with van der Waals surface area (Å²) in [4.78, 5) is 20.2. The lowest BCUT2D eigenvalue weighted by atomic mass is 9.79. The van der Waals surface area contributed by atoms with Crippen LogP contribution in [0.4, 0.5) is 0 Å². The lowest BCUT2D eigenvalue weighted by molar-refractivity contribution is -0.135. The Bertz CT molecular complexity index is 613. The Morgan fingerprint density at radius 1 is 1.36 bits per heavy atom. The Labute approximate surface area is 129 Å². The van der Waals surface area contributed by atoms with Crippen molar-refractivity contribution < 1.29 is 9.53 Å². The second-order valence-corrected chi connectivity index (χ2v) is 5.80. The molecule has 4 N–H and O–H groups in total. The normalized spacial score (nSPS) is 17.5. The lowest BCUT2D eigenvalue weighted by Gasteiger charge is -2.34. The molecule has 0 aliphatic carbocycles. The van der Waals surface area contributed by atoms with Gasteiger partial charge in [0.1, 0.15) is 5.82 Å². The molecule has 1 fully saturated rings. The van der Waals surface area contributed by atoms with Gasteiger partial charge in [0.15, 0.2) is 0 Å². The van der Waals surface area contributed by atoms with Crippen molar-refractivity contribution in [1.82, 2.24) is 15.3 Å². The molecule has 3 rings (SSSR count). The lowest BCUT2D eigenvalue weighted by Crippen LogP contribution is -2.49. The van der Waals surface area contributed by atoms with Crippen LogP contribution in [0.3, 0.4) is 0 Å². The standard InChI is InChI=1S/C16H22N4O2/c17-11-16(6-9-22-10-7-16)15(21)18-8-5-14-19-12-3-1-2-4-13(12)20-14/h1-4H,5-11,17H2,(H,18,21)(H,19,20). The monoisotopic (exact) mass is 302 g/mol. The van der Waals surface area contributed by atoms with Crippen LogP contribution in [-0.4, -0.2) is 42.2 Å². The number of ether oxygens (including phenoxy) is 1. The molecule has 118 valence electrons. The van der Waals surface area contributed by atoms with Crippen molar-refractivity contribution in [1.29, 1.82) is 0 Å². The van der Waals surface area contributed by atoms with Crippen LogP contribution >= 0.6 is 0 Å². The van der Waals surface area contributed by atoms with Crippen LogP contribution in [0.25, 0.3) is 11.0 Å². The third-order valence-corrected chi connectivity index (χ3v) is 4.41. The van der Waals surface area contributed by atoms with Gasteiger partial charge in [0.2, 0.25) is 5.91 Å². The van der Waals surface area contributed by atoms with E-state index >= 15 is 0 Å². The van der Waals surface area contributed by atoms with Crippen molar-refractivity contribution >= 4 is 16.9 Å². The molecule has 1 aromatic heterocycles. The fourth-order valence-corrected chi connectivity index (χ4v) is 2.89. The van der Waals surface area contributed by atoms with Crippen LogP contribution in [0.5, 0.6) is 0 Å². The molecule has 0 atom stereocenters. The topological polar surface area (TPSA) is 93.0 Å². The van der Waals surface area contributed by atoms with Crippen molar-refractivity contribution in [2.24, 2.45) is 11.1 Å². The zero-order valence-electron chi connectivity index (χ0n) is 12.6. The number of carbonyl (C=O) groups excluding carboxylic acids is 1. The number of aromatic amines is 1. The maximum Gasteiger partial charge on any atom is 0.227 e. The quantitative estimate of drug-likeness (QED) is 0.767. The average Bonchev–Trinajstić information content (AvgIpc) is 2.98. The first kappa shape index (κ1) is 15.0. The van der Waals surface area contributed by atoms with Gasteiger partial charge in [0.05, 0.1) is 16.4 Å². The van der Waals surface area contributed by atoms with E-state index in [-0.39, 0.29) is 5.91 Å². The molecule has 1 amide bonds. The van der Waals surface area contributed by atoms with Crippen LogP contribution in [0, 0.1) is 5.41 Å². The van der Waals surface area contributed by atoms with E-state index in [1.54, 1.807) is 0 Å². The number of benzene rings is 1. The first-order chi connectivity index (χ1) is 10.7. The molecule has 0 unspecified atom stereocenters. The molecule has 0 spiro atoms. The van der Waals surface area contributed by atoms with Gasteiger partial charge < -0.3 is 20.8 Å². The number of nitrogens with one attached hydrogen (secondary N) is 2. The molecule has 1 aliphatic rings. The van der Waals surface area contributed by atoms with Crippen LogP contribution in [0.15, 0.2) is 24.3 Å². The zero-order chi connectivity index (χ0) is 15.4. The van der Waals surface area contributed by atoms with Crippen LogP contribution < -0.4 is 11.1 Å². The SMILES string of the molecule is NCC1(C(=O)NCCc2nc3ccccc3[nH]2)CCOCC1.